The number of anilines is 2. The average Bonchev–Trinajstić information content (AvgIpc) is 2.49. The van der Waals surface area contributed by atoms with E-state index in [0.717, 1.165) is 5.69 Å². The number of hydrogen-bond donors (Lipinski definition) is 1. The predicted molar refractivity (Wildman–Crippen MR) is 84.9 cm³/mol. The summed E-state index contributed by atoms with van der Waals surface area (Å²) in [6.45, 7) is 4.01. The Morgan fingerprint density at radius 1 is 1.00 bits per heavy atom. The lowest BCUT2D eigenvalue weighted by Crippen LogP contribution is -2.34. The highest BCUT2D eigenvalue weighted by atomic mass is 16.2. The van der Waals surface area contributed by atoms with Crippen molar-refractivity contribution in [3.05, 3.63) is 60.2 Å². The first-order chi connectivity index (χ1) is 10.1. The van der Waals surface area contributed by atoms with Crippen molar-refractivity contribution in [2.75, 3.05) is 16.8 Å². The fourth-order valence-electron chi connectivity index (χ4n) is 2.03. The highest BCUT2D eigenvalue weighted by molar-refractivity contribution is 6.02. The van der Waals surface area contributed by atoms with Crippen LogP contribution in [0.5, 0.6) is 0 Å². The number of rotatable bonds is 4. The average molecular weight is 282 g/mol. The Balaban J connectivity index is 2.11. The van der Waals surface area contributed by atoms with Crippen molar-refractivity contribution in [1.29, 1.82) is 0 Å². The zero-order valence-electron chi connectivity index (χ0n) is 12.2. The topological polar surface area (TPSA) is 49.4 Å². The van der Waals surface area contributed by atoms with Gasteiger partial charge in [-0.15, -0.1) is 0 Å². The lowest BCUT2D eigenvalue weighted by atomic mass is 10.1. The van der Waals surface area contributed by atoms with E-state index in [9.17, 15) is 9.59 Å². The molecule has 0 unspecified atom stereocenters. The van der Waals surface area contributed by atoms with Gasteiger partial charge in [-0.25, -0.2) is 4.79 Å². The maximum Gasteiger partial charge on any atom is 0.326 e. The molecule has 108 valence electrons. The minimum atomic E-state index is -0.195. The Morgan fingerprint density at radius 2 is 1.62 bits per heavy atom. The fraction of sp³-hybridized carbons (Fsp3) is 0.176. The van der Waals surface area contributed by atoms with Gasteiger partial charge in [-0.1, -0.05) is 18.2 Å². The number of urea groups is 1. The zero-order chi connectivity index (χ0) is 15.2. The van der Waals surface area contributed by atoms with Crippen LogP contribution in [-0.2, 0) is 0 Å². The number of carbonyl (C=O) groups is 2. The Labute approximate surface area is 124 Å². The maximum absolute atomic E-state index is 12.3. The first-order valence-electron chi connectivity index (χ1n) is 6.86. The van der Waals surface area contributed by atoms with Gasteiger partial charge in [0.2, 0.25) is 0 Å². The van der Waals surface area contributed by atoms with Crippen molar-refractivity contribution in [3.8, 4) is 0 Å². The summed E-state index contributed by atoms with van der Waals surface area (Å²) in [6.07, 6.45) is 0. The molecule has 0 aliphatic carbocycles. The summed E-state index contributed by atoms with van der Waals surface area (Å²) in [5.74, 6) is 0.00680. The summed E-state index contributed by atoms with van der Waals surface area (Å²) in [5.41, 5.74) is 2.14. The third-order valence-corrected chi connectivity index (χ3v) is 3.17. The number of carbonyl (C=O) groups excluding carboxylic acids is 2. The second kappa shape index (κ2) is 6.70. The molecule has 0 heterocycles. The van der Waals surface area contributed by atoms with Crippen LogP contribution in [0.3, 0.4) is 0 Å². The van der Waals surface area contributed by atoms with E-state index in [2.05, 4.69) is 5.32 Å². The van der Waals surface area contributed by atoms with E-state index >= 15 is 0 Å². The molecular weight excluding hydrogens is 264 g/mol. The van der Waals surface area contributed by atoms with Crippen molar-refractivity contribution < 1.29 is 9.59 Å². The molecule has 0 aromatic heterocycles. The summed E-state index contributed by atoms with van der Waals surface area (Å²) in [7, 11) is 0. The Kier molecular flexibility index (Phi) is 4.72. The predicted octanol–water partition coefficient (Wildman–Crippen LogP) is 3.95. The number of nitrogens with one attached hydrogen (secondary N) is 1. The molecule has 0 aliphatic rings. The second-order valence-electron chi connectivity index (χ2n) is 4.64. The number of amides is 2. The van der Waals surface area contributed by atoms with Crippen molar-refractivity contribution in [1.82, 2.24) is 0 Å². The van der Waals surface area contributed by atoms with Gasteiger partial charge >= 0.3 is 6.03 Å². The number of benzene rings is 2. The van der Waals surface area contributed by atoms with E-state index in [4.69, 9.17) is 0 Å². The van der Waals surface area contributed by atoms with Gasteiger partial charge < -0.3 is 5.32 Å². The lowest BCUT2D eigenvalue weighted by Gasteiger charge is -2.21. The fourth-order valence-corrected chi connectivity index (χ4v) is 2.03. The summed E-state index contributed by atoms with van der Waals surface area (Å²) in [4.78, 5) is 25.2. The Hall–Kier alpha value is -2.62. The quantitative estimate of drug-likeness (QED) is 0.863. The van der Waals surface area contributed by atoms with Crippen LogP contribution in [0.4, 0.5) is 16.2 Å². The molecule has 0 saturated carbocycles. The molecule has 0 saturated heterocycles. The first-order valence-corrected chi connectivity index (χ1v) is 6.86. The van der Waals surface area contributed by atoms with Crippen LogP contribution in [0.25, 0.3) is 0 Å². The standard InChI is InChI=1S/C17H18N2O2/c1-3-19(16-7-5-4-6-8-16)17(21)18-15-11-9-14(10-12-15)13(2)20/h4-12H,3H2,1-2H3,(H,18,21). The minimum Gasteiger partial charge on any atom is -0.308 e. The summed E-state index contributed by atoms with van der Waals surface area (Å²) >= 11 is 0. The smallest absolute Gasteiger partial charge is 0.308 e. The molecule has 2 aromatic carbocycles. The highest BCUT2D eigenvalue weighted by Crippen LogP contribution is 2.16. The van der Waals surface area contributed by atoms with Crippen molar-refractivity contribution in [3.63, 3.8) is 0 Å². The minimum absolute atomic E-state index is 0.00680. The van der Waals surface area contributed by atoms with E-state index < -0.39 is 0 Å². The van der Waals surface area contributed by atoms with E-state index in [-0.39, 0.29) is 11.8 Å². The van der Waals surface area contributed by atoms with Crippen LogP contribution in [0, 0.1) is 0 Å². The van der Waals surface area contributed by atoms with Crippen LogP contribution >= 0.6 is 0 Å². The molecular formula is C17H18N2O2. The monoisotopic (exact) mass is 282 g/mol. The van der Waals surface area contributed by atoms with Gasteiger partial charge in [0, 0.05) is 23.5 Å². The van der Waals surface area contributed by atoms with Gasteiger partial charge in [0.15, 0.2) is 5.78 Å². The molecule has 4 nitrogen and oxygen atoms in total. The highest BCUT2D eigenvalue weighted by Gasteiger charge is 2.13. The molecule has 0 fully saturated rings. The number of ketones is 1. The molecule has 0 aliphatic heterocycles. The van der Waals surface area contributed by atoms with E-state index in [1.165, 1.54) is 6.92 Å². The number of para-hydroxylation sites is 1. The van der Waals surface area contributed by atoms with Crippen LogP contribution in [-0.4, -0.2) is 18.4 Å². The van der Waals surface area contributed by atoms with Crippen LogP contribution < -0.4 is 10.2 Å². The third kappa shape index (κ3) is 3.69. The van der Waals surface area contributed by atoms with Gasteiger partial charge in [-0.3, -0.25) is 9.69 Å². The Morgan fingerprint density at radius 3 is 2.14 bits per heavy atom. The van der Waals surface area contributed by atoms with Gasteiger partial charge in [-0.2, -0.15) is 0 Å². The van der Waals surface area contributed by atoms with Crippen molar-refractivity contribution in [2.45, 2.75) is 13.8 Å². The molecule has 2 aromatic rings. The molecule has 2 rings (SSSR count). The van der Waals surface area contributed by atoms with E-state index in [1.54, 1.807) is 29.2 Å². The molecule has 0 radical (unpaired) electrons. The number of nitrogens with zero attached hydrogens (tertiary/aromatic N) is 1. The molecule has 2 amide bonds. The number of hydrogen-bond acceptors (Lipinski definition) is 2. The molecule has 0 atom stereocenters. The van der Waals surface area contributed by atoms with E-state index in [1.807, 2.05) is 37.3 Å². The van der Waals surface area contributed by atoms with Gasteiger partial charge in [0.1, 0.15) is 0 Å². The molecule has 21 heavy (non-hydrogen) atoms. The molecule has 4 heteroatoms. The summed E-state index contributed by atoms with van der Waals surface area (Å²) in [5, 5.41) is 2.83. The van der Waals surface area contributed by atoms with Gasteiger partial charge in [0.05, 0.1) is 0 Å². The largest absolute Gasteiger partial charge is 0.326 e. The first kappa shape index (κ1) is 14.8. The number of Topliss-reactive ketones (excluding diaryl/α,β-unsaturated/α-hetero) is 1. The van der Waals surface area contributed by atoms with E-state index in [0.29, 0.717) is 17.8 Å². The van der Waals surface area contributed by atoms with Crippen molar-refractivity contribution >= 4 is 23.2 Å². The van der Waals surface area contributed by atoms with Crippen LogP contribution in [0.2, 0.25) is 0 Å². The van der Waals surface area contributed by atoms with Gasteiger partial charge in [0.25, 0.3) is 0 Å². The summed E-state index contributed by atoms with van der Waals surface area (Å²) in [6, 6.07) is 16.2. The van der Waals surface area contributed by atoms with Crippen molar-refractivity contribution in [2.24, 2.45) is 0 Å². The molecule has 0 bridgehead atoms. The SMILES string of the molecule is CCN(C(=O)Nc1ccc(C(C)=O)cc1)c1ccccc1. The summed E-state index contributed by atoms with van der Waals surface area (Å²) < 4.78 is 0. The van der Waals surface area contributed by atoms with Crippen LogP contribution in [0.15, 0.2) is 54.6 Å². The van der Waals surface area contributed by atoms with Gasteiger partial charge in [-0.05, 0) is 50.2 Å². The third-order valence-electron chi connectivity index (χ3n) is 3.17. The Bertz CT molecular complexity index is 621. The normalized spacial score (nSPS) is 10.0. The zero-order valence-corrected chi connectivity index (χ0v) is 12.2. The molecule has 0 spiro atoms. The molecule has 1 N–H and O–H groups in total. The maximum atomic E-state index is 12.3. The lowest BCUT2D eigenvalue weighted by molar-refractivity contribution is 0.101. The second-order valence-corrected chi connectivity index (χ2v) is 4.64. The van der Waals surface area contributed by atoms with Crippen LogP contribution in [0.1, 0.15) is 24.2 Å².